The Hall–Kier alpha value is -2.06. The minimum atomic E-state index is -1.16. The fourth-order valence-corrected chi connectivity index (χ4v) is 3.11. The van der Waals surface area contributed by atoms with Crippen LogP contribution in [-0.4, -0.2) is 39.3 Å². The Morgan fingerprint density at radius 2 is 2.05 bits per heavy atom. The van der Waals surface area contributed by atoms with Crippen LogP contribution < -0.4 is 15.6 Å². The van der Waals surface area contributed by atoms with E-state index in [1.165, 1.54) is 11.8 Å². The normalized spacial score (nSPS) is 19.8. The second kappa shape index (κ2) is 6.59. The number of carboxylic acid groups (broad SMARTS) is 2. The van der Waals surface area contributed by atoms with Gasteiger partial charge in [-0.1, -0.05) is 6.07 Å². The first-order valence-electron chi connectivity index (χ1n) is 6.25. The molecule has 1 aromatic rings. The van der Waals surface area contributed by atoms with E-state index >= 15 is 0 Å². The first kappa shape index (κ1) is 15.3. The number of rotatable bonds is 5. The lowest BCUT2D eigenvalue weighted by Crippen LogP contribution is -2.51. The molecule has 2 rings (SSSR count). The zero-order chi connectivity index (χ0) is 15.4. The van der Waals surface area contributed by atoms with Crippen molar-refractivity contribution >= 4 is 23.7 Å². The zero-order valence-electron chi connectivity index (χ0n) is 11.1. The summed E-state index contributed by atoms with van der Waals surface area (Å²) < 4.78 is 1.86. The van der Waals surface area contributed by atoms with Crippen LogP contribution in [0.3, 0.4) is 0 Å². The van der Waals surface area contributed by atoms with Gasteiger partial charge in [-0.25, -0.2) is 9.36 Å². The maximum atomic E-state index is 11.4. The van der Waals surface area contributed by atoms with E-state index in [9.17, 15) is 14.7 Å². The van der Waals surface area contributed by atoms with Crippen molar-refractivity contribution in [2.24, 2.45) is 5.73 Å². The molecule has 2 atom stereocenters. The van der Waals surface area contributed by atoms with Gasteiger partial charge in [-0.3, -0.25) is 4.79 Å². The van der Waals surface area contributed by atoms with E-state index in [1.54, 1.807) is 0 Å². The fourth-order valence-electron chi connectivity index (χ4n) is 1.97. The lowest BCUT2D eigenvalue weighted by molar-refractivity contribution is -0.689. The number of carbonyl (C=O) groups is 2. The van der Waals surface area contributed by atoms with Gasteiger partial charge >= 0.3 is 11.9 Å². The third-order valence-electron chi connectivity index (χ3n) is 3.05. The SMILES string of the molecule is N[C@H](C(=O)O)[C@@H]1NC(C(=O)O)=C(C[n+]2ccccc2)CS1. The number of nitrogens with zero attached hydrogens (tertiary/aromatic N) is 1. The molecule has 0 amide bonds. The average molecular weight is 310 g/mol. The zero-order valence-corrected chi connectivity index (χ0v) is 11.9. The van der Waals surface area contributed by atoms with E-state index in [4.69, 9.17) is 10.8 Å². The largest absolute Gasteiger partial charge is 0.480 e. The summed E-state index contributed by atoms with van der Waals surface area (Å²) >= 11 is 1.30. The molecule has 0 aromatic carbocycles. The van der Waals surface area contributed by atoms with Gasteiger partial charge in [0.25, 0.3) is 0 Å². The third-order valence-corrected chi connectivity index (χ3v) is 4.34. The highest BCUT2D eigenvalue weighted by atomic mass is 32.2. The van der Waals surface area contributed by atoms with Crippen LogP contribution >= 0.6 is 11.8 Å². The van der Waals surface area contributed by atoms with Crippen molar-refractivity contribution in [3.8, 4) is 0 Å². The summed E-state index contributed by atoms with van der Waals surface area (Å²) in [6.07, 6.45) is 3.68. The highest BCUT2D eigenvalue weighted by Crippen LogP contribution is 2.24. The summed E-state index contributed by atoms with van der Waals surface area (Å²) in [4.78, 5) is 22.3. The molecule has 0 fully saturated rings. The molecule has 0 saturated carbocycles. The maximum Gasteiger partial charge on any atom is 0.352 e. The predicted molar refractivity (Wildman–Crippen MR) is 76.3 cm³/mol. The number of aliphatic carboxylic acids is 2. The van der Waals surface area contributed by atoms with Gasteiger partial charge in [0.15, 0.2) is 18.9 Å². The summed E-state index contributed by atoms with van der Waals surface area (Å²) in [5, 5.41) is 20.3. The van der Waals surface area contributed by atoms with Crippen LogP contribution in [0.2, 0.25) is 0 Å². The number of thioether (sulfide) groups is 1. The summed E-state index contributed by atoms with van der Waals surface area (Å²) in [5.41, 5.74) is 6.27. The molecule has 2 heterocycles. The van der Waals surface area contributed by atoms with Crippen molar-refractivity contribution in [3.05, 3.63) is 41.9 Å². The number of pyridine rings is 1. The van der Waals surface area contributed by atoms with E-state index in [0.717, 1.165) is 0 Å². The van der Waals surface area contributed by atoms with Gasteiger partial charge in [0.1, 0.15) is 11.7 Å². The van der Waals surface area contributed by atoms with Crippen molar-refractivity contribution in [2.75, 3.05) is 5.75 Å². The molecular weight excluding hydrogens is 294 g/mol. The molecule has 0 unspecified atom stereocenters. The van der Waals surface area contributed by atoms with Crippen LogP contribution in [0.25, 0.3) is 0 Å². The van der Waals surface area contributed by atoms with Crippen molar-refractivity contribution in [2.45, 2.75) is 18.0 Å². The minimum absolute atomic E-state index is 0.0341. The number of hydrogen-bond acceptors (Lipinski definition) is 5. The van der Waals surface area contributed by atoms with E-state index in [-0.39, 0.29) is 5.70 Å². The quantitative estimate of drug-likeness (QED) is 0.536. The molecule has 0 radical (unpaired) electrons. The standard InChI is InChI=1S/C13H15N3O4S/c14-9(12(17)18)11-15-10(13(19)20)8(7-21-11)6-16-4-2-1-3-5-16/h1-5,9,11,15H,6-7,14H2,(H-,17,18,19,20)/p+1/t9-,11+/m0/s1. The van der Waals surface area contributed by atoms with Crippen LogP contribution in [0.4, 0.5) is 0 Å². The van der Waals surface area contributed by atoms with E-state index in [2.05, 4.69) is 5.32 Å². The molecule has 1 aromatic heterocycles. The monoisotopic (exact) mass is 310 g/mol. The number of nitrogens with one attached hydrogen (secondary N) is 1. The number of carboxylic acids is 2. The molecule has 8 heteroatoms. The Kier molecular flexibility index (Phi) is 4.81. The topological polar surface area (TPSA) is 117 Å². The highest BCUT2D eigenvalue weighted by Gasteiger charge is 2.33. The maximum absolute atomic E-state index is 11.4. The number of hydrogen-bond donors (Lipinski definition) is 4. The van der Waals surface area contributed by atoms with Gasteiger partial charge in [0, 0.05) is 23.5 Å². The molecule has 21 heavy (non-hydrogen) atoms. The molecular formula is C13H16N3O4S+. The number of aromatic nitrogens is 1. The summed E-state index contributed by atoms with van der Waals surface area (Å²) in [5.74, 6) is -1.85. The second-order valence-electron chi connectivity index (χ2n) is 4.57. The second-order valence-corrected chi connectivity index (χ2v) is 5.70. The summed E-state index contributed by atoms with van der Waals surface area (Å²) in [6, 6.07) is 4.43. The average Bonchev–Trinajstić information content (AvgIpc) is 2.47. The lowest BCUT2D eigenvalue weighted by atomic mass is 10.2. The smallest absolute Gasteiger partial charge is 0.352 e. The van der Waals surface area contributed by atoms with Crippen LogP contribution in [0, 0.1) is 0 Å². The van der Waals surface area contributed by atoms with E-state index in [1.807, 2.05) is 35.2 Å². The Morgan fingerprint density at radius 1 is 1.38 bits per heavy atom. The fraction of sp³-hybridized carbons (Fsp3) is 0.308. The van der Waals surface area contributed by atoms with E-state index in [0.29, 0.717) is 17.9 Å². The van der Waals surface area contributed by atoms with Gasteiger partial charge in [0.2, 0.25) is 0 Å². The van der Waals surface area contributed by atoms with Gasteiger partial charge in [-0.15, -0.1) is 11.8 Å². The molecule has 0 aliphatic carbocycles. The van der Waals surface area contributed by atoms with Crippen molar-refractivity contribution in [1.29, 1.82) is 0 Å². The molecule has 112 valence electrons. The van der Waals surface area contributed by atoms with Crippen LogP contribution in [-0.2, 0) is 16.1 Å². The predicted octanol–water partition coefficient (Wildman–Crippen LogP) is -0.613. The Balaban J connectivity index is 2.20. The van der Waals surface area contributed by atoms with Crippen LogP contribution in [0.5, 0.6) is 0 Å². The Bertz CT molecular complexity index is 576. The first-order chi connectivity index (χ1) is 9.99. The van der Waals surface area contributed by atoms with Crippen molar-refractivity contribution < 1.29 is 24.4 Å². The molecule has 1 aliphatic heterocycles. The minimum Gasteiger partial charge on any atom is -0.480 e. The first-order valence-corrected chi connectivity index (χ1v) is 7.30. The molecule has 5 N–H and O–H groups in total. The van der Waals surface area contributed by atoms with Gasteiger partial charge in [-0.2, -0.15) is 0 Å². The van der Waals surface area contributed by atoms with Gasteiger partial charge in [-0.05, 0) is 0 Å². The molecule has 1 aliphatic rings. The van der Waals surface area contributed by atoms with Crippen molar-refractivity contribution in [1.82, 2.24) is 5.32 Å². The van der Waals surface area contributed by atoms with Crippen molar-refractivity contribution in [3.63, 3.8) is 0 Å². The molecule has 0 bridgehead atoms. The van der Waals surface area contributed by atoms with Crippen LogP contribution in [0.15, 0.2) is 41.9 Å². The lowest BCUT2D eigenvalue weighted by Gasteiger charge is -2.28. The Labute approximate surface area is 125 Å². The summed E-state index contributed by atoms with van der Waals surface area (Å²) in [6.45, 7) is 0.428. The summed E-state index contributed by atoms with van der Waals surface area (Å²) in [7, 11) is 0. The van der Waals surface area contributed by atoms with Gasteiger partial charge < -0.3 is 21.3 Å². The number of nitrogens with two attached hydrogens (primary N) is 1. The van der Waals surface area contributed by atoms with Crippen LogP contribution in [0.1, 0.15) is 0 Å². The highest BCUT2D eigenvalue weighted by molar-refractivity contribution is 8.00. The van der Waals surface area contributed by atoms with Gasteiger partial charge in [0.05, 0.1) is 5.37 Å². The Morgan fingerprint density at radius 3 is 2.62 bits per heavy atom. The molecule has 7 nitrogen and oxygen atoms in total. The molecule has 0 spiro atoms. The third kappa shape index (κ3) is 3.73. The van der Waals surface area contributed by atoms with E-state index < -0.39 is 23.4 Å². The molecule has 0 saturated heterocycles.